The highest BCUT2D eigenvalue weighted by atomic mass is 14.3. The van der Waals surface area contributed by atoms with Gasteiger partial charge in [0, 0.05) is 0 Å². The Balaban J connectivity index is 1.24. The highest BCUT2D eigenvalue weighted by Crippen LogP contribution is 2.51. The fraction of sp³-hybridized carbons (Fsp3) is 0. The molecule has 0 nitrogen and oxygen atoms in total. The standard InChI is InChI=1S/C44H26/c1-2-10-27(11-3-1)28-24-29(31-20-22-41-35-14-6-4-12-33(35)39-18-8-16-37(31)43(39)41)26-30(25-28)32-21-23-42-36-15-7-5-13-34(36)40-19-9-17-38(32)44(40)42/h1-26H. The molecule has 0 spiro atoms. The van der Waals surface area contributed by atoms with Gasteiger partial charge in [0.05, 0.1) is 0 Å². The smallest absolute Gasteiger partial charge is 0.00201 e. The molecule has 0 N–H and O–H groups in total. The van der Waals surface area contributed by atoms with Gasteiger partial charge >= 0.3 is 0 Å². The van der Waals surface area contributed by atoms with E-state index in [1.807, 2.05) is 0 Å². The van der Waals surface area contributed by atoms with Gasteiger partial charge in [-0.2, -0.15) is 0 Å². The third-order valence-corrected chi connectivity index (χ3v) is 9.76. The van der Waals surface area contributed by atoms with Gasteiger partial charge in [0.25, 0.3) is 0 Å². The van der Waals surface area contributed by atoms with Crippen LogP contribution in [0.4, 0.5) is 0 Å². The van der Waals surface area contributed by atoms with Crippen LogP contribution in [0.1, 0.15) is 0 Å². The van der Waals surface area contributed by atoms with Crippen LogP contribution in [0.2, 0.25) is 0 Å². The summed E-state index contributed by atoms with van der Waals surface area (Å²) in [5, 5.41) is 5.34. The van der Waals surface area contributed by atoms with Crippen molar-refractivity contribution in [3.8, 4) is 77.9 Å². The van der Waals surface area contributed by atoms with Crippen LogP contribution in [0.15, 0.2) is 158 Å². The van der Waals surface area contributed by atoms with Gasteiger partial charge in [-0.25, -0.2) is 0 Å². The molecular formula is C44H26. The highest BCUT2D eigenvalue weighted by Gasteiger charge is 2.24. The Morgan fingerprint density at radius 3 is 1.05 bits per heavy atom. The first kappa shape index (κ1) is 23.8. The Hall–Kier alpha value is -5.72. The van der Waals surface area contributed by atoms with Crippen molar-refractivity contribution >= 4 is 21.5 Å². The van der Waals surface area contributed by atoms with Crippen LogP contribution >= 0.6 is 0 Å². The van der Waals surface area contributed by atoms with Crippen LogP contribution < -0.4 is 0 Å². The molecule has 0 saturated heterocycles. The van der Waals surface area contributed by atoms with E-state index >= 15 is 0 Å². The van der Waals surface area contributed by atoms with E-state index in [9.17, 15) is 0 Å². The molecule has 44 heavy (non-hydrogen) atoms. The van der Waals surface area contributed by atoms with E-state index < -0.39 is 0 Å². The summed E-state index contributed by atoms with van der Waals surface area (Å²) in [5.74, 6) is 0. The molecule has 0 heteroatoms. The Bertz CT molecular complexity index is 2270. The largest absolute Gasteiger partial charge is 0.0622 e. The average Bonchev–Trinajstić information content (AvgIpc) is 3.60. The fourth-order valence-electron chi connectivity index (χ4n) is 7.86. The van der Waals surface area contributed by atoms with E-state index in [2.05, 4.69) is 158 Å². The van der Waals surface area contributed by atoms with Crippen molar-refractivity contribution in [2.75, 3.05) is 0 Å². The van der Waals surface area contributed by atoms with Gasteiger partial charge in [0.2, 0.25) is 0 Å². The maximum atomic E-state index is 2.41. The second-order valence-electron chi connectivity index (χ2n) is 12.0. The number of hydrogen-bond acceptors (Lipinski definition) is 0. The van der Waals surface area contributed by atoms with E-state index in [0.717, 1.165) is 0 Å². The van der Waals surface area contributed by atoms with Crippen molar-refractivity contribution in [3.05, 3.63) is 158 Å². The molecule has 10 rings (SSSR count). The minimum Gasteiger partial charge on any atom is -0.0622 e. The number of benzene rings is 8. The summed E-state index contributed by atoms with van der Waals surface area (Å²) in [6.07, 6.45) is 0. The third kappa shape index (κ3) is 3.23. The van der Waals surface area contributed by atoms with Crippen LogP contribution in [-0.4, -0.2) is 0 Å². The molecule has 0 aromatic heterocycles. The molecule has 0 radical (unpaired) electrons. The normalized spacial score (nSPS) is 12.1. The van der Waals surface area contributed by atoms with Crippen LogP contribution in [0.5, 0.6) is 0 Å². The lowest BCUT2D eigenvalue weighted by molar-refractivity contribution is 1.59. The summed E-state index contributed by atoms with van der Waals surface area (Å²) in [5.41, 5.74) is 18.2. The summed E-state index contributed by atoms with van der Waals surface area (Å²) >= 11 is 0. The third-order valence-electron chi connectivity index (χ3n) is 9.76. The lowest BCUT2D eigenvalue weighted by Gasteiger charge is -2.16. The van der Waals surface area contributed by atoms with Gasteiger partial charge in [-0.3, -0.25) is 0 Å². The maximum Gasteiger partial charge on any atom is -0.00201 e. The summed E-state index contributed by atoms with van der Waals surface area (Å²) < 4.78 is 0. The summed E-state index contributed by atoms with van der Waals surface area (Å²) in [7, 11) is 0. The summed E-state index contributed by atoms with van der Waals surface area (Å²) in [6.45, 7) is 0. The predicted molar refractivity (Wildman–Crippen MR) is 187 cm³/mol. The Kier molecular flexibility index (Phi) is 4.81. The van der Waals surface area contributed by atoms with Crippen LogP contribution in [0.3, 0.4) is 0 Å². The molecule has 8 aromatic rings. The fourth-order valence-corrected chi connectivity index (χ4v) is 7.86. The van der Waals surface area contributed by atoms with Gasteiger partial charge in [0.15, 0.2) is 0 Å². The number of rotatable bonds is 3. The Labute approximate surface area is 256 Å². The molecule has 0 bridgehead atoms. The number of hydrogen-bond donors (Lipinski definition) is 0. The lowest BCUT2D eigenvalue weighted by Crippen LogP contribution is -1.89. The molecule has 0 fully saturated rings. The monoisotopic (exact) mass is 554 g/mol. The molecule has 2 aliphatic rings. The highest BCUT2D eigenvalue weighted by molar-refractivity contribution is 6.20. The molecule has 0 atom stereocenters. The lowest BCUT2D eigenvalue weighted by atomic mass is 9.88. The van der Waals surface area contributed by atoms with Crippen molar-refractivity contribution in [2.24, 2.45) is 0 Å². The quantitative estimate of drug-likeness (QED) is 0.204. The molecule has 202 valence electrons. The van der Waals surface area contributed by atoms with E-state index in [1.165, 1.54) is 99.4 Å². The number of fused-ring (bicyclic) bond motifs is 6. The van der Waals surface area contributed by atoms with E-state index in [0.29, 0.717) is 0 Å². The van der Waals surface area contributed by atoms with Crippen molar-refractivity contribution in [1.29, 1.82) is 0 Å². The SMILES string of the molecule is c1ccc(-c2cc(-c3ccc4c5c(cccc35)-c3ccccc3-4)cc(-c3ccc4c5c(cccc35)-c3ccccc3-4)c2)cc1. The van der Waals surface area contributed by atoms with Crippen molar-refractivity contribution in [1.82, 2.24) is 0 Å². The minimum absolute atomic E-state index is 1.23. The van der Waals surface area contributed by atoms with Gasteiger partial charge < -0.3 is 0 Å². The first-order chi connectivity index (χ1) is 21.8. The Morgan fingerprint density at radius 1 is 0.205 bits per heavy atom. The zero-order chi connectivity index (χ0) is 28.8. The molecule has 8 aromatic carbocycles. The van der Waals surface area contributed by atoms with E-state index in [4.69, 9.17) is 0 Å². The van der Waals surface area contributed by atoms with Crippen molar-refractivity contribution in [2.45, 2.75) is 0 Å². The predicted octanol–water partition coefficient (Wildman–Crippen LogP) is 12.3. The van der Waals surface area contributed by atoms with Gasteiger partial charge in [-0.05, 0) is 118 Å². The molecule has 0 aliphatic heterocycles. The molecular weight excluding hydrogens is 528 g/mol. The average molecular weight is 555 g/mol. The zero-order valence-electron chi connectivity index (χ0n) is 24.0. The summed E-state index contributed by atoms with van der Waals surface area (Å²) in [6, 6.07) is 58.5. The van der Waals surface area contributed by atoms with Crippen LogP contribution in [0, 0.1) is 0 Å². The zero-order valence-corrected chi connectivity index (χ0v) is 24.0. The van der Waals surface area contributed by atoms with E-state index in [1.54, 1.807) is 0 Å². The minimum atomic E-state index is 1.23. The molecule has 0 heterocycles. The molecule has 0 amide bonds. The molecule has 0 unspecified atom stereocenters. The van der Waals surface area contributed by atoms with Crippen molar-refractivity contribution < 1.29 is 0 Å². The second-order valence-corrected chi connectivity index (χ2v) is 12.0. The Morgan fingerprint density at radius 2 is 0.568 bits per heavy atom. The van der Waals surface area contributed by atoms with Crippen LogP contribution in [-0.2, 0) is 0 Å². The summed E-state index contributed by atoms with van der Waals surface area (Å²) in [4.78, 5) is 0. The molecule has 2 aliphatic carbocycles. The van der Waals surface area contributed by atoms with Gasteiger partial charge in [0.1, 0.15) is 0 Å². The van der Waals surface area contributed by atoms with Crippen molar-refractivity contribution in [3.63, 3.8) is 0 Å². The second kappa shape index (κ2) is 8.89. The van der Waals surface area contributed by atoms with Crippen LogP contribution in [0.25, 0.3) is 99.4 Å². The first-order valence-corrected chi connectivity index (χ1v) is 15.4. The molecule has 0 saturated carbocycles. The maximum absolute atomic E-state index is 2.41. The van der Waals surface area contributed by atoms with E-state index in [-0.39, 0.29) is 0 Å². The topological polar surface area (TPSA) is 0 Å². The van der Waals surface area contributed by atoms with Gasteiger partial charge in [-0.15, -0.1) is 0 Å². The first-order valence-electron chi connectivity index (χ1n) is 15.4. The van der Waals surface area contributed by atoms with Gasteiger partial charge in [-0.1, -0.05) is 140 Å².